The highest BCUT2D eigenvalue weighted by Gasteiger charge is 2.44. The van der Waals surface area contributed by atoms with E-state index >= 15 is 0 Å². The number of benzene rings is 1. The van der Waals surface area contributed by atoms with Crippen LogP contribution in [0.2, 0.25) is 0 Å². The molecule has 0 radical (unpaired) electrons. The molecular weight excluding hydrogens is 242 g/mol. The van der Waals surface area contributed by atoms with Crippen molar-refractivity contribution in [2.75, 3.05) is 6.54 Å². The second-order valence-corrected chi connectivity index (χ2v) is 5.98. The van der Waals surface area contributed by atoms with Gasteiger partial charge in [-0.1, -0.05) is 43.7 Å². The summed E-state index contributed by atoms with van der Waals surface area (Å²) < 4.78 is 0. The Labute approximate surface area is 124 Å². The van der Waals surface area contributed by atoms with Crippen LogP contribution < -0.4 is 5.32 Å². The van der Waals surface area contributed by atoms with Gasteiger partial charge in [-0.05, 0) is 44.2 Å². The van der Waals surface area contributed by atoms with Crippen LogP contribution in [-0.4, -0.2) is 12.6 Å². The Kier molecular flexibility index (Phi) is 5.68. The molecule has 1 N–H and O–H groups in total. The van der Waals surface area contributed by atoms with E-state index in [1.165, 1.54) is 37.7 Å². The second kappa shape index (κ2) is 7.50. The third-order valence-corrected chi connectivity index (χ3v) is 4.72. The van der Waals surface area contributed by atoms with Crippen LogP contribution in [0.15, 0.2) is 30.3 Å². The van der Waals surface area contributed by atoms with E-state index in [-0.39, 0.29) is 0 Å². The van der Waals surface area contributed by atoms with E-state index in [0.717, 1.165) is 19.4 Å². The fourth-order valence-corrected chi connectivity index (χ4v) is 3.47. The van der Waals surface area contributed by atoms with Crippen LogP contribution in [0.1, 0.15) is 57.4 Å². The van der Waals surface area contributed by atoms with Crippen LogP contribution in [0.4, 0.5) is 0 Å². The summed E-state index contributed by atoms with van der Waals surface area (Å²) in [4.78, 5) is 0. The van der Waals surface area contributed by atoms with Crippen molar-refractivity contribution >= 4 is 0 Å². The zero-order valence-electron chi connectivity index (χ0n) is 12.7. The molecule has 2 rings (SSSR count). The van der Waals surface area contributed by atoms with E-state index in [1.54, 1.807) is 0 Å². The fourth-order valence-electron chi connectivity index (χ4n) is 3.47. The molecule has 0 spiro atoms. The van der Waals surface area contributed by atoms with E-state index in [9.17, 15) is 0 Å². The van der Waals surface area contributed by atoms with Gasteiger partial charge in [0.05, 0.1) is 0 Å². The Morgan fingerprint density at radius 2 is 2.05 bits per heavy atom. The van der Waals surface area contributed by atoms with E-state index in [0.29, 0.717) is 11.5 Å². The lowest BCUT2D eigenvalue weighted by atomic mass is 9.59. The van der Waals surface area contributed by atoms with E-state index in [2.05, 4.69) is 48.5 Å². The van der Waals surface area contributed by atoms with Gasteiger partial charge in [0.1, 0.15) is 0 Å². The first kappa shape index (κ1) is 15.1. The molecule has 0 aliphatic heterocycles. The molecule has 0 heterocycles. The van der Waals surface area contributed by atoms with Crippen molar-refractivity contribution in [1.82, 2.24) is 5.32 Å². The molecule has 1 unspecified atom stereocenters. The number of nitrogens with one attached hydrogen (secondary N) is 1. The molecule has 1 nitrogen and oxygen atoms in total. The molecule has 1 aliphatic rings. The van der Waals surface area contributed by atoms with Crippen molar-refractivity contribution in [1.29, 1.82) is 0 Å². The number of hydrogen-bond donors (Lipinski definition) is 1. The van der Waals surface area contributed by atoms with Crippen molar-refractivity contribution in [2.24, 2.45) is 0 Å². The predicted molar refractivity (Wildman–Crippen MR) is 86.7 cm³/mol. The molecule has 1 saturated carbocycles. The van der Waals surface area contributed by atoms with Crippen LogP contribution in [0.3, 0.4) is 0 Å². The van der Waals surface area contributed by atoms with Gasteiger partial charge in [0.15, 0.2) is 0 Å². The molecule has 0 aromatic heterocycles. The smallest absolute Gasteiger partial charge is 0.0164 e. The van der Waals surface area contributed by atoms with Crippen LogP contribution in [-0.2, 0) is 5.41 Å². The Morgan fingerprint density at radius 1 is 1.30 bits per heavy atom. The summed E-state index contributed by atoms with van der Waals surface area (Å²) in [6.07, 6.45) is 13.8. The first-order chi connectivity index (χ1) is 9.83. The molecule has 0 saturated heterocycles. The van der Waals surface area contributed by atoms with Gasteiger partial charge < -0.3 is 5.32 Å². The van der Waals surface area contributed by atoms with Crippen molar-refractivity contribution < 1.29 is 0 Å². The first-order valence-electron chi connectivity index (χ1n) is 8.06. The number of unbranched alkanes of at least 4 members (excludes halogenated alkanes) is 1. The zero-order chi connectivity index (χ0) is 14.3. The number of terminal acetylenes is 1. The number of rotatable bonds is 8. The summed E-state index contributed by atoms with van der Waals surface area (Å²) in [6, 6.07) is 11.7. The minimum Gasteiger partial charge on any atom is -0.313 e. The number of hydrogen-bond acceptors (Lipinski definition) is 1. The fraction of sp³-hybridized carbons (Fsp3) is 0.579. The highest BCUT2D eigenvalue weighted by Crippen LogP contribution is 2.47. The van der Waals surface area contributed by atoms with Gasteiger partial charge in [-0.15, -0.1) is 12.3 Å². The largest absolute Gasteiger partial charge is 0.313 e. The molecule has 1 fully saturated rings. The van der Waals surface area contributed by atoms with Crippen LogP contribution >= 0.6 is 0 Å². The molecule has 0 bridgehead atoms. The summed E-state index contributed by atoms with van der Waals surface area (Å²) in [6.45, 7) is 3.34. The standard InChI is InChI=1S/C19H27N/c1-3-5-7-13-18(20-16-4-2)19(14-10-15-19)17-11-8-6-9-12-17/h1,6,8-9,11-12,18,20H,4-5,7,10,13-16H2,2H3. The van der Waals surface area contributed by atoms with Crippen molar-refractivity contribution in [2.45, 2.75) is 63.3 Å². The monoisotopic (exact) mass is 269 g/mol. The summed E-state index contributed by atoms with van der Waals surface area (Å²) in [7, 11) is 0. The van der Waals surface area contributed by atoms with Gasteiger partial charge >= 0.3 is 0 Å². The van der Waals surface area contributed by atoms with Gasteiger partial charge in [0.25, 0.3) is 0 Å². The normalized spacial score (nSPS) is 18.0. The minimum atomic E-state index is 0.352. The third kappa shape index (κ3) is 3.25. The quantitative estimate of drug-likeness (QED) is 0.548. The molecule has 1 aliphatic carbocycles. The maximum absolute atomic E-state index is 5.41. The Morgan fingerprint density at radius 3 is 2.60 bits per heavy atom. The molecule has 108 valence electrons. The van der Waals surface area contributed by atoms with Crippen LogP contribution in [0, 0.1) is 12.3 Å². The Hall–Kier alpha value is -1.26. The highest BCUT2D eigenvalue weighted by molar-refractivity contribution is 5.30. The van der Waals surface area contributed by atoms with Gasteiger partial charge in [-0.3, -0.25) is 0 Å². The molecule has 1 aromatic carbocycles. The van der Waals surface area contributed by atoms with Gasteiger partial charge in [0, 0.05) is 17.9 Å². The summed E-state index contributed by atoms with van der Waals surface area (Å²) in [5, 5.41) is 3.80. The van der Waals surface area contributed by atoms with Gasteiger partial charge in [-0.2, -0.15) is 0 Å². The minimum absolute atomic E-state index is 0.352. The molecule has 1 aromatic rings. The zero-order valence-corrected chi connectivity index (χ0v) is 12.7. The Bertz CT molecular complexity index is 425. The molecule has 0 amide bonds. The first-order valence-corrected chi connectivity index (χ1v) is 8.06. The topological polar surface area (TPSA) is 12.0 Å². The SMILES string of the molecule is C#CCCCC(NCCC)C1(c2ccccc2)CCC1. The summed E-state index contributed by atoms with van der Waals surface area (Å²) >= 11 is 0. The van der Waals surface area contributed by atoms with E-state index < -0.39 is 0 Å². The molecule has 1 heteroatoms. The average molecular weight is 269 g/mol. The lowest BCUT2D eigenvalue weighted by Gasteiger charge is -2.49. The van der Waals surface area contributed by atoms with Crippen molar-refractivity contribution in [3.63, 3.8) is 0 Å². The van der Waals surface area contributed by atoms with Gasteiger partial charge in [0.2, 0.25) is 0 Å². The maximum Gasteiger partial charge on any atom is 0.0164 e. The molecular formula is C19H27N. The lowest BCUT2D eigenvalue weighted by Crippen LogP contribution is -2.53. The van der Waals surface area contributed by atoms with Crippen molar-refractivity contribution in [3.8, 4) is 12.3 Å². The predicted octanol–water partition coefficient (Wildman–Crippen LogP) is 4.28. The van der Waals surface area contributed by atoms with Gasteiger partial charge in [-0.25, -0.2) is 0 Å². The van der Waals surface area contributed by atoms with E-state index in [4.69, 9.17) is 6.42 Å². The third-order valence-electron chi connectivity index (χ3n) is 4.72. The average Bonchev–Trinajstić information content (AvgIpc) is 2.44. The Balaban J connectivity index is 2.13. The lowest BCUT2D eigenvalue weighted by molar-refractivity contribution is 0.160. The highest BCUT2D eigenvalue weighted by atomic mass is 14.9. The van der Waals surface area contributed by atoms with Crippen LogP contribution in [0.25, 0.3) is 0 Å². The molecule has 20 heavy (non-hydrogen) atoms. The maximum atomic E-state index is 5.41. The summed E-state index contributed by atoms with van der Waals surface area (Å²) in [5.74, 6) is 2.78. The molecule has 1 atom stereocenters. The second-order valence-electron chi connectivity index (χ2n) is 5.98. The van der Waals surface area contributed by atoms with Crippen molar-refractivity contribution in [3.05, 3.63) is 35.9 Å². The van der Waals surface area contributed by atoms with E-state index in [1.807, 2.05) is 0 Å². The van der Waals surface area contributed by atoms with Crippen LogP contribution in [0.5, 0.6) is 0 Å². The summed E-state index contributed by atoms with van der Waals surface area (Å²) in [5.41, 5.74) is 1.87.